The van der Waals surface area contributed by atoms with Crippen molar-refractivity contribution < 1.29 is 14.3 Å². The summed E-state index contributed by atoms with van der Waals surface area (Å²) in [6, 6.07) is 3.94. The van der Waals surface area contributed by atoms with Gasteiger partial charge in [-0.2, -0.15) is 0 Å². The number of rotatable bonds is 4. The molecule has 1 aliphatic carbocycles. The molecule has 1 aliphatic heterocycles. The van der Waals surface area contributed by atoms with Crippen LogP contribution < -0.4 is 5.32 Å². The Morgan fingerprint density at radius 1 is 1.48 bits per heavy atom. The predicted octanol–water partition coefficient (Wildman–Crippen LogP) is 2.00. The van der Waals surface area contributed by atoms with Crippen molar-refractivity contribution >= 4 is 21.9 Å². The van der Waals surface area contributed by atoms with Crippen molar-refractivity contribution in [2.45, 2.75) is 24.9 Å². The molecule has 6 heteroatoms. The molecule has 1 atom stereocenters. The Hall–Kier alpha value is -0.980. The number of halogens is 1. The van der Waals surface area contributed by atoms with Gasteiger partial charge in [0, 0.05) is 24.8 Å². The van der Waals surface area contributed by atoms with E-state index in [0.717, 1.165) is 42.5 Å². The maximum absolute atomic E-state index is 11.5. The van der Waals surface area contributed by atoms with E-state index in [-0.39, 0.29) is 12.6 Å². The Balaban J connectivity index is 1.88. The van der Waals surface area contributed by atoms with Gasteiger partial charge >= 0.3 is 5.97 Å². The van der Waals surface area contributed by atoms with Crippen LogP contribution in [0.15, 0.2) is 22.9 Å². The summed E-state index contributed by atoms with van der Waals surface area (Å²) < 4.78 is 11.6. The van der Waals surface area contributed by atoms with Gasteiger partial charge in [0.1, 0.15) is 11.2 Å². The van der Waals surface area contributed by atoms with Crippen LogP contribution in [0, 0.1) is 5.41 Å². The number of hydrogen-bond acceptors (Lipinski definition) is 5. The molecule has 2 heterocycles. The molecule has 0 radical (unpaired) electrons. The van der Waals surface area contributed by atoms with Gasteiger partial charge in [0.15, 0.2) is 0 Å². The van der Waals surface area contributed by atoms with Crippen molar-refractivity contribution in [3.8, 4) is 0 Å². The van der Waals surface area contributed by atoms with Gasteiger partial charge in [-0.15, -0.1) is 0 Å². The molecule has 114 valence electrons. The van der Waals surface area contributed by atoms with Crippen molar-refractivity contribution in [1.29, 1.82) is 0 Å². The smallest absolute Gasteiger partial charge is 0.331 e. The second-order valence-electron chi connectivity index (χ2n) is 5.98. The fourth-order valence-corrected chi connectivity index (χ4v) is 4.05. The summed E-state index contributed by atoms with van der Waals surface area (Å²) in [5.74, 6) is -0.345. The highest BCUT2D eigenvalue weighted by atomic mass is 79.9. The van der Waals surface area contributed by atoms with Crippen molar-refractivity contribution in [1.82, 2.24) is 10.3 Å². The summed E-state index contributed by atoms with van der Waals surface area (Å²) >= 11 is 3.52. The van der Waals surface area contributed by atoms with Crippen LogP contribution in [-0.4, -0.2) is 37.8 Å². The van der Waals surface area contributed by atoms with Gasteiger partial charge in [-0.05, 0) is 46.7 Å². The number of hydrogen-bond donors (Lipinski definition) is 1. The molecule has 0 bridgehead atoms. The van der Waals surface area contributed by atoms with Crippen LogP contribution in [0.3, 0.4) is 0 Å². The first-order chi connectivity index (χ1) is 10.1. The highest BCUT2D eigenvalue weighted by Crippen LogP contribution is 2.54. The number of pyridine rings is 1. The van der Waals surface area contributed by atoms with Crippen LogP contribution in [0.2, 0.25) is 0 Å². The zero-order chi connectivity index (χ0) is 14.9. The Morgan fingerprint density at radius 2 is 2.29 bits per heavy atom. The van der Waals surface area contributed by atoms with E-state index < -0.39 is 5.60 Å². The van der Waals surface area contributed by atoms with Gasteiger partial charge in [0.25, 0.3) is 0 Å². The lowest BCUT2D eigenvalue weighted by Gasteiger charge is -2.41. The molecule has 0 aromatic carbocycles. The highest BCUT2D eigenvalue weighted by Gasteiger charge is 2.53. The first-order valence-corrected chi connectivity index (χ1v) is 7.91. The fraction of sp³-hybridized carbons (Fsp3) is 0.600. The maximum Gasteiger partial charge on any atom is 0.331 e. The minimum atomic E-state index is -0.455. The van der Waals surface area contributed by atoms with Crippen LogP contribution in [0.5, 0.6) is 0 Å². The molecule has 5 nitrogen and oxygen atoms in total. The number of nitrogens with zero attached hydrogens (tertiary/aromatic N) is 1. The Kier molecular flexibility index (Phi) is 4.03. The van der Waals surface area contributed by atoms with Crippen LogP contribution in [0.25, 0.3) is 0 Å². The molecule has 2 fully saturated rings. The van der Waals surface area contributed by atoms with Crippen molar-refractivity contribution in [2.75, 3.05) is 26.8 Å². The van der Waals surface area contributed by atoms with Crippen LogP contribution in [0.4, 0.5) is 0 Å². The number of esters is 1. The third-order valence-electron chi connectivity index (χ3n) is 4.66. The highest BCUT2D eigenvalue weighted by molar-refractivity contribution is 9.10. The van der Waals surface area contributed by atoms with Crippen LogP contribution in [0.1, 0.15) is 24.8 Å². The molecule has 1 saturated carbocycles. The third-order valence-corrected chi connectivity index (χ3v) is 5.30. The molecule has 1 aromatic rings. The quantitative estimate of drug-likeness (QED) is 0.661. The van der Waals surface area contributed by atoms with E-state index >= 15 is 0 Å². The molecular weight excluding hydrogens is 336 g/mol. The van der Waals surface area contributed by atoms with Crippen LogP contribution in [-0.2, 0) is 19.9 Å². The van der Waals surface area contributed by atoms with Crippen molar-refractivity contribution in [3.63, 3.8) is 0 Å². The first kappa shape index (κ1) is 14.9. The molecule has 1 saturated heterocycles. The van der Waals surface area contributed by atoms with Crippen LogP contribution >= 0.6 is 15.9 Å². The van der Waals surface area contributed by atoms with Gasteiger partial charge in [-0.3, -0.25) is 0 Å². The molecule has 2 aliphatic rings. The van der Waals surface area contributed by atoms with E-state index in [0.29, 0.717) is 5.41 Å². The summed E-state index contributed by atoms with van der Waals surface area (Å²) in [6.45, 7) is 2.02. The van der Waals surface area contributed by atoms with E-state index in [1.54, 1.807) is 6.20 Å². The van der Waals surface area contributed by atoms with Gasteiger partial charge in [0.05, 0.1) is 12.7 Å². The summed E-state index contributed by atoms with van der Waals surface area (Å²) in [5.41, 5.74) is 0.868. The molecule has 21 heavy (non-hydrogen) atoms. The zero-order valence-electron chi connectivity index (χ0n) is 12.0. The second kappa shape index (κ2) is 5.66. The van der Waals surface area contributed by atoms with Gasteiger partial charge < -0.3 is 14.8 Å². The number of aromatic nitrogens is 1. The van der Waals surface area contributed by atoms with E-state index in [4.69, 9.17) is 9.47 Å². The number of methoxy groups -OCH3 is 1. The summed E-state index contributed by atoms with van der Waals surface area (Å²) in [5, 5.41) is 3.35. The van der Waals surface area contributed by atoms with Gasteiger partial charge in [-0.25, -0.2) is 9.78 Å². The van der Waals surface area contributed by atoms with E-state index in [1.165, 1.54) is 7.11 Å². The lowest BCUT2D eigenvalue weighted by molar-refractivity contribution is -0.154. The molecule has 1 aromatic heterocycles. The minimum Gasteiger partial charge on any atom is -0.467 e. The standard InChI is InChI=1S/C15H19BrN2O3/c1-20-12(19)7-21-15(11-3-2-6-18-13(11)16)5-4-14(8-15)9-17-10-14/h2-3,6,17H,4-5,7-10H2,1H3. The van der Waals surface area contributed by atoms with E-state index in [9.17, 15) is 4.79 Å². The normalized spacial score (nSPS) is 26.6. The van der Waals surface area contributed by atoms with Crippen molar-refractivity contribution in [3.05, 3.63) is 28.5 Å². The molecule has 3 rings (SSSR count). The molecular formula is C15H19BrN2O3. The lowest BCUT2D eigenvalue weighted by Crippen LogP contribution is -2.52. The summed E-state index contributed by atoms with van der Waals surface area (Å²) in [7, 11) is 1.38. The Morgan fingerprint density at radius 3 is 2.86 bits per heavy atom. The molecule has 1 unspecified atom stereocenters. The average molecular weight is 355 g/mol. The number of carbonyl (C=O) groups is 1. The van der Waals surface area contributed by atoms with Gasteiger partial charge in [-0.1, -0.05) is 6.07 Å². The van der Waals surface area contributed by atoms with Gasteiger partial charge in [0.2, 0.25) is 0 Å². The minimum absolute atomic E-state index is 0.0264. The van der Waals surface area contributed by atoms with Crippen molar-refractivity contribution in [2.24, 2.45) is 5.41 Å². The predicted molar refractivity (Wildman–Crippen MR) is 80.7 cm³/mol. The van der Waals surface area contributed by atoms with E-state index in [1.807, 2.05) is 12.1 Å². The summed E-state index contributed by atoms with van der Waals surface area (Å²) in [4.78, 5) is 15.8. The number of nitrogens with one attached hydrogen (secondary N) is 1. The topological polar surface area (TPSA) is 60.5 Å². The maximum atomic E-state index is 11.5. The summed E-state index contributed by atoms with van der Waals surface area (Å²) in [6.07, 6.45) is 4.66. The second-order valence-corrected chi connectivity index (χ2v) is 6.73. The average Bonchev–Trinajstić information content (AvgIpc) is 2.87. The number of ether oxygens (including phenoxy) is 2. The monoisotopic (exact) mass is 354 g/mol. The Bertz CT molecular complexity index is 547. The zero-order valence-corrected chi connectivity index (χ0v) is 13.6. The number of carbonyl (C=O) groups excluding carboxylic acids is 1. The third kappa shape index (κ3) is 2.72. The molecule has 1 N–H and O–H groups in total. The Labute approximate surface area is 132 Å². The largest absolute Gasteiger partial charge is 0.467 e. The SMILES string of the molecule is COC(=O)COC1(c2cccnc2Br)CCC2(CNC2)C1. The van der Waals surface area contributed by atoms with E-state index in [2.05, 4.69) is 26.2 Å². The molecule has 0 amide bonds. The first-order valence-electron chi connectivity index (χ1n) is 7.12. The fourth-order valence-electron chi connectivity index (χ4n) is 3.44. The molecule has 1 spiro atoms. The lowest BCUT2D eigenvalue weighted by atomic mass is 9.78.